The smallest absolute Gasteiger partial charge is 0.416 e. The van der Waals surface area contributed by atoms with E-state index in [9.17, 15) is 35.9 Å². The summed E-state index contributed by atoms with van der Waals surface area (Å²) in [6, 6.07) is 10.4. The minimum absolute atomic E-state index is 0.200. The van der Waals surface area contributed by atoms with Gasteiger partial charge in [0.2, 0.25) is 0 Å². The Kier molecular flexibility index (Phi) is 6.00. The Labute approximate surface area is 206 Å². The monoisotopic (exact) mass is 520 g/mol. The van der Waals surface area contributed by atoms with Gasteiger partial charge < -0.3 is 9.47 Å². The van der Waals surface area contributed by atoms with Crippen molar-refractivity contribution in [1.82, 2.24) is 0 Å². The number of rotatable bonds is 4. The number of carbonyl (C=O) groups is 2. The van der Waals surface area contributed by atoms with Crippen LogP contribution in [0, 0.1) is 0 Å². The van der Waals surface area contributed by atoms with Crippen molar-refractivity contribution in [2.45, 2.75) is 43.5 Å². The first-order valence-electron chi connectivity index (χ1n) is 11.4. The van der Waals surface area contributed by atoms with Gasteiger partial charge in [-0.3, -0.25) is 0 Å². The molecular formula is C27H18F6O4. The number of ether oxygens (including phenoxy) is 2. The molecule has 5 rings (SSSR count). The summed E-state index contributed by atoms with van der Waals surface area (Å²) in [5, 5.41) is 0. The molecule has 0 N–H and O–H groups in total. The molecule has 37 heavy (non-hydrogen) atoms. The van der Waals surface area contributed by atoms with Gasteiger partial charge in [0.15, 0.2) is 11.5 Å². The van der Waals surface area contributed by atoms with Crippen LogP contribution in [-0.2, 0) is 12.4 Å². The van der Waals surface area contributed by atoms with Crippen molar-refractivity contribution in [3.05, 3.63) is 94.0 Å². The molecule has 192 valence electrons. The van der Waals surface area contributed by atoms with Gasteiger partial charge in [0.1, 0.15) is 0 Å². The zero-order valence-electron chi connectivity index (χ0n) is 19.0. The molecular weight excluding hydrogens is 502 g/mol. The zero-order valence-corrected chi connectivity index (χ0v) is 19.0. The van der Waals surface area contributed by atoms with Gasteiger partial charge in [-0.25, -0.2) is 9.59 Å². The lowest BCUT2D eigenvalue weighted by molar-refractivity contribution is -0.138. The Morgan fingerprint density at radius 3 is 1.43 bits per heavy atom. The van der Waals surface area contributed by atoms with Gasteiger partial charge in [-0.15, -0.1) is 0 Å². The van der Waals surface area contributed by atoms with Crippen molar-refractivity contribution in [1.29, 1.82) is 0 Å². The van der Waals surface area contributed by atoms with E-state index in [1.807, 2.05) is 0 Å². The lowest BCUT2D eigenvalue weighted by Crippen LogP contribution is -2.15. The molecule has 1 fully saturated rings. The van der Waals surface area contributed by atoms with E-state index in [4.69, 9.17) is 9.47 Å². The third-order valence-corrected chi connectivity index (χ3v) is 6.72. The van der Waals surface area contributed by atoms with Gasteiger partial charge in [0.05, 0.1) is 22.3 Å². The fourth-order valence-electron chi connectivity index (χ4n) is 4.97. The average molecular weight is 520 g/mol. The highest BCUT2D eigenvalue weighted by Gasteiger charge is 2.39. The van der Waals surface area contributed by atoms with E-state index >= 15 is 0 Å². The van der Waals surface area contributed by atoms with Crippen LogP contribution in [0.1, 0.15) is 74.1 Å². The fourth-order valence-corrected chi connectivity index (χ4v) is 4.97. The van der Waals surface area contributed by atoms with Gasteiger partial charge in [-0.1, -0.05) is 12.1 Å². The molecule has 0 radical (unpaired) electrons. The Morgan fingerprint density at radius 2 is 1.05 bits per heavy atom. The highest BCUT2D eigenvalue weighted by Crippen LogP contribution is 2.55. The van der Waals surface area contributed by atoms with Crippen LogP contribution < -0.4 is 9.47 Å². The summed E-state index contributed by atoms with van der Waals surface area (Å²) in [6.07, 6.45) is -6.64. The maximum absolute atomic E-state index is 13.1. The van der Waals surface area contributed by atoms with Crippen LogP contribution in [0.3, 0.4) is 0 Å². The second-order valence-corrected chi connectivity index (χ2v) is 9.07. The first-order chi connectivity index (χ1) is 17.4. The summed E-state index contributed by atoms with van der Waals surface area (Å²) in [5.74, 6) is -2.20. The van der Waals surface area contributed by atoms with Crippen molar-refractivity contribution < 1.29 is 45.4 Å². The number of hydrogen-bond acceptors (Lipinski definition) is 4. The second kappa shape index (κ2) is 8.93. The summed E-state index contributed by atoms with van der Waals surface area (Å²) in [7, 11) is 0. The molecule has 3 aromatic carbocycles. The number of hydrogen-bond donors (Lipinski definition) is 0. The molecule has 2 aliphatic rings. The van der Waals surface area contributed by atoms with E-state index in [0.29, 0.717) is 12.1 Å². The lowest BCUT2D eigenvalue weighted by Gasteiger charge is -2.19. The van der Waals surface area contributed by atoms with Gasteiger partial charge in [-0.05, 0) is 90.8 Å². The van der Waals surface area contributed by atoms with Crippen molar-refractivity contribution >= 4 is 11.9 Å². The molecule has 0 amide bonds. The van der Waals surface area contributed by atoms with Crippen molar-refractivity contribution in [3.63, 3.8) is 0 Å². The highest BCUT2D eigenvalue weighted by molar-refractivity contribution is 5.93. The predicted octanol–water partition coefficient (Wildman–Crippen LogP) is 7.53. The average Bonchev–Trinajstić information content (AvgIpc) is 3.46. The number of benzene rings is 3. The maximum Gasteiger partial charge on any atom is 0.416 e. The number of alkyl halides is 6. The summed E-state index contributed by atoms with van der Waals surface area (Å²) in [4.78, 5) is 25.5. The van der Waals surface area contributed by atoms with Crippen LogP contribution >= 0.6 is 0 Å². The molecule has 0 saturated heterocycles. The van der Waals surface area contributed by atoms with E-state index in [1.54, 1.807) is 0 Å². The molecule has 2 bridgehead atoms. The molecule has 2 unspecified atom stereocenters. The van der Waals surface area contributed by atoms with Gasteiger partial charge in [-0.2, -0.15) is 26.3 Å². The Balaban J connectivity index is 1.47. The first-order valence-corrected chi connectivity index (χ1v) is 11.4. The third-order valence-electron chi connectivity index (χ3n) is 6.72. The molecule has 0 aliphatic heterocycles. The van der Waals surface area contributed by atoms with Gasteiger partial charge >= 0.3 is 24.3 Å². The Bertz CT molecular complexity index is 1290. The standard InChI is InChI=1S/C27H18F6O4/c28-26(29,30)18-5-1-3-16(10-18)24(34)36-22-12-20-14-7-8-15(9-14)21(20)13-23(22)37-25(35)17-4-2-6-19(11-17)27(31,32)33/h1-6,10-15H,7-9H2. The highest BCUT2D eigenvalue weighted by atomic mass is 19.4. The minimum Gasteiger partial charge on any atom is -0.419 e. The summed E-state index contributed by atoms with van der Waals surface area (Å²) in [5.41, 5.74) is -1.03. The van der Waals surface area contributed by atoms with Crippen LogP contribution in [0.25, 0.3) is 0 Å². The maximum atomic E-state index is 13.1. The molecule has 2 atom stereocenters. The number of fused-ring (bicyclic) bond motifs is 5. The van der Waals surface area contributed by atoms with Crippen LogP contribution in [-0.4, -0.2) is 11.9 Å². The van der Waals surface area contributed by atoms with Crippen molar-refractivity contribution in [2.24, 2.45) is 0 Å². The molecule has 4 nitrogen and oxygen atoms in total. The predicted molar refractivity (Wildman–Crippen MR) is 119 cm³/mol. The summed E-state index contributed by atoms with van der Waals surface area (Å²) < 4.78 is 89.3. The SMILES string of the molecule is O=C(Oc1cc2c(cc1OC(=O)c1cccc(C(F)(F)F)c1)C1CCC2C1)c1cccc(C(F)(F)F)c1. The quantitative estimate of drug-likeness (QED) is 0.203. The second-order valence-electron chi connectivity index (χ2n) is 9.07. The van der Waals surface area contributed by atoms with E-state index in [1.165, 1.54) is 12.1 Å². The number of carbonyl (C=O) groups excluding carboxylic acids is 2. The minimum atomic E-state index is -4.67. The molecule has 0 aromatic heterocycles. The van der Waals surface area contributed by atoms with Crippen molar-refractivity contribution in [3.8, 4) is 11.5 Å². The van der Waals surface area contributed by atoms with Crippen LogP contribution in [0.4, 0.5) is 26.3 Å². The van der Waals surface area contributed by atoms with Crippen LogP contribution in [0.2, 0.25) is 0 Å². The Hall–Kier alpha value is -3.82. The van der Waals surface area contributed by atoms with E-state index in [0.717, 1.165) is 66.8 Å². The van der Waals surface area contributed by atoms with Crippen LogP contribution in [0.15, 0.2) is 60.7 Å². The molecule has 1 saturated carbocycles. The zero-order chi connectivity index (χ0) is 26.5. The largest absolute Gasteiger partial charge is 0.419 e. The first kappa shape index (κ1) is 24.9. The third kappa shape index (κ3) is 4.92. The van der Waals surface area contributed by atoms with E-state index < -0.39 is 35.4 Å². The molecule has 3 aromatic rings. The van der Waals surface area contributed by atoms with Gasteiger partial charge in [0, 0.05) is 0 Å². The summed E-state index contributed by atoms with van der Waals surface area (Å²) >= 11 is 0. The van der Waals surface area contributed by atoms with E-state index in [2.05, 4.69) is 0 Å². The number of esters is 2. The summed E-state index contributed by atoms with van der Waals surface area (Å²) in [6.45, 7) is 0. The molecule has 2 aliphatic carbocycles. The van der Waals surface area contributed by atoms with Gasteiger partial charge in [0.25, 0.3) is 0 Å². The van der Waals surface area contributed by atoms with E-state index in [-0.39, 0.29) is 34.5 Å². The topological polar surface area (TPSA) is 52.6 Å². The molecule has 0 heterocycles. The molecule has 10 heteroatoms. The Morgan fingerprint density at radius 1 is 0.649 bits per heavy atom. The lowest BCUT2D eigenvalue weighted by atomic mass is 9.91. The van der Waals surface area contributed by atoms with Crippen LogP contribution in [0.5, 0.6) is 11.5 Å². The number of halogens is 6. The normalized spacial score (nSPS) is 18.4. The fraction of sp³-hybridized carbons (Fsp3) is 0.259. The molecule has 0 spiro atoms. The van der Waals surface area contributed by atoms with Crippen molar-refractivity contribution in [2.75, 3.05) is 0 Å².